The van der Waals surface area contributed by atoms with Crippen molar-refractivity contribution < 1.29 is 0 Å². The van der Waals surface area contributed by atoms with Gasteiger partial charge in [0.05, 0.1) is 4.47 Å². The Balaban J connectivity index is 1.88. The zero-order valence-corrected chi connectivity index (χ0v) is 9.96. The Morgan fingerprint density at radius 3 is 2.93 bits per heavy atom. The fourth-order valence-corrected chi connectivity index (χ4v) is 2.95. The molecule has 0 saturated heterocycles. The van der Waals surface area contributed by atoms with E-state index in [9.17, 15) is 4.79 Å². The second-order valence-corrected chi connectivity index (χ2v) is 5.70. The number of anilines is 1. The van der Waals surface area contributed by atoms with E-state index in [2.05, 4.69) is 15.9 Å². The summed E-state index contributed by atoms with van der Waals surface area (Å²) in [4.78, 5) is 11.8. The van der Waals surface area contributed by atoms with Crippen LogP contribution < -0.4 is 11.3 Å². The minimum atomic E-state index is 0.0342. The molecule has 3 nitrogen and oxygen atoms in total. The smallest absolute Gasteiger partial charge is 0.264 e. The van der Waals surface area contributed by atoms with Gasteiger partial charge in [0.15, 0.2) is 0 Å². The molecule has 2 N–H and O–H groups in total. The van der Waals surface area contributed by atoms with Crippen molar-refractivity contribution in [2.75, 3.05) is 5.73 Å². The number of nitrogens with zero attached hydrogens (tertiary/aromatic N) is 1. The van der Waals surface area contributed by atoms with Gasteiger partial charge in [-0.25, -0.2) is 0 Å². The van der Waals surface area contributed by atoms with Crippen molar-refractivity contribution in [3.8, 4) is 0 Å². The summed E-state index contributed by atoms with van der Waals surface area (Å²) >= 11 is 3.24. The maximum absolute atomic E-state index is 11.8. The molecule has 1 atom stereocenters. The molecule has 2 aliphatic carbocycles. The number of aromatic nitrogens is 1. The van der Waals surface area contributed by atoms with Gasteiger partial charge in [-0.2, -0.15) is 0 Å². The third-order valence-corrected chi connectivity index (χ3v) is 4.30. The van der Waals surface area contributed by atoms with Gasteiger partial charge in [0, 0.05) is 18.4 Å². The standard InChI is InChI=1S/C11H13BrN2O/c12-9-3-8(13)6-14(10(9)15)5-7-4-11(7)1-2-11/h3,6-7H,1-2,4-5,13H2. The molecule has 0 amide bonds. The van der Waals surface area contributed by atoms with Crippen LogP contribution in [0.4, 0.5) is 5.69 Å². The maximum atomic E-state index is 11.8. The number of halogens is 1. The molecule has 3 rings (SSSR count). The van der Waals surface area contributed by atoms with Crippen LogP contribution in [0.5, 0.6) is 0 Å². The molecular weight excluding hydrogens is 256 g/mol. The lowest BCUT2D eigenvalue weighted by atomic mass is 10.3. The first-order valence-electron chi connectivity index (χ1n) is 5.26. The third kappa shape index (κ3) is 1.51. The Bertz CT molecular complexity index is 476. The van der Waals surface area contributed by atoms with E-state index in [1.807, 2.05) is 0 Å². The summed E-state index contributed by atoms with van der Waals surface area (Å²) in [5, 5.41) is 0. The average Bonchev–Trinajstić information content (AvgIpc) is 3.05. The van der Waals surface area contributed by atoms with Gasteiger partial charge in [-0.3, -0.25) is 4.79 Å². The van der Waals surface area contributed by atoms with Crippen molar-refractivity contribution >= 4 is 21.6 Å². The SMILES string of the molecule is Nc1cc(Br)c(=O)n(CC2CC23CC3)c1. The topological polar surface area (TPSA) is 48.0 Å². The fourth-order valence-electron chi connectivity index (χ4n) is 2.46. The van der Waals surface area contributed by atoms with Crippen LogP contribution in [-0.4, -0.2) is 4.57 Å². The highest BCUT2D eigenvalue weighted by Crippen LogP contribution is 2.70. The lowest BCUT2D eigenvalue weighted by molar-refractivity contribution is 0.559. The monoisotopic (exact) mass is 268 g/mol. The normalized spacial score (nSPS) is 25.5. The van der Waals surface area contributed by atoms with E-state index >= 15 is 0 Å². The Kier molecular flexibility index (Phi) is 1.81. The summed E-state index contributed by atoms with van der Waals surface area (Å²) in [5.41, 5.74) is 7.03. The van der Waals surface area contributed by atoms with Crippen molar-refractivity contribution in [1.29, 1.82) is 0 Å². The van der Waals surface area contributed by atoms with Crippen molar-refractivity contribution in [3.63, 3.8) is 0 Å². The van der Waals surface area contributed by atoms with Crippen molar-refractivity contribution in [1.82, 2.24) is 4.57 Å². The fraction of sp³-hybridized carbons (Fsp3) is 0.545. The van der Waals surface area contributed by atoms with Crippen LogP contribution in [0.25, 0.3) is 0 Å². The molecule has 2 aliphatic rings. The second kappa shape index (κ2) is 2.88. The second-order valence-electron chi connectivity index (χ2n) is 4.84. The van der Waals surface area contributed by atoms with Gasteiger partial charge in [0.25, 0.3) is 5.56 Å². The highest BCUT2D eigenvalue weighted by molar-refractivity contribution is 9.10. The predicted octanol–water partition coefficient (Wildman–Crippen LogP) is 1.99. The number of nitrogens with two attached hydrogens (primary N) is 1. The van der Waals surface area contributed by atoms with Gasteiger partial charge in [-0.15, -0.1) is 0 Å². The van der Waals surface area contributed by atoms with Crippen LogP contribution in [-0.2, 0) is 6.54 Å². The van der Waals surface area contributed by atoms with E-state index in [0.717, 1.165) is 6.54 Å². The van der Waals surface area contributed by atoms with E-state index in [1.54, 1.807) is 16.8 Å². The molecule has 15 heavy (non-hydrogen) atoms. The lowest BCUT2D eigenvalue weighted by Crippen LogP contribution is -2.22. The molecule has 1 aromatic rings. The number of rotatable bonds is 2. The molecule has 4 heteroatoms. The molecule has 0 radical (unpaired) electrons. The Morgan fingerprint density at radius 1 is 1.60 bits per heavy atom. The number of nitrogen functional groups attached to an aromatic ring is 1. The molecule has 1 aromatic heterocycles. The summed E-state index contributed by atoms with van der Waals surface area (Å²) in [7, 11) is 0. The van der Waals surface area contributed by atoms with Gasteiger partial charge < -0.3 is 10.3 Å². The van der Waals surface area contributed by atoms with Crippen LogP contribution in [0.3, 0.4) is 0 Å². The minimum Gasteiger partial charge on any atom is -0.398 e. The summed E-state index contributed by atoms with van der Waals surface area (Å²) in [5.74, 6) is 0.712. The first-order valence-corrected chi connectivity index (χ1v) is 6.05. The Morgan fingerprint density at radius 2 is 2.33 bits per heavy atom. The van der Waals surface area contributed by atoms with Crippen LogP contribution in [0.1, 0.15) is 19.3 Å². The lowest BCUT2D eigenvalue weighted by Gasteiger charge is -2.06. The van der Waals surface area contributed by atoms with E-state index in [0.29, 0.717) is 21.5 Å². The Hall–Kier alpha value is -0.770. The number of hydrogen-bond donors (Lipinski definition) is 1. The van der Waals surface area contributed by atoms with Gasteiger partial charge in [-0.05, 0) is 52.6 Å². The molecule has 2 fully saturated rings. The maximum Gasteiger partial charge on any atom is 0.264 e. The molecule has 0 aromatic carbocycles. The van der Waals surface area contributed by atoms with Crippen LogP contribution >= 0.6 is 15.9 Å². The van der Waals surface area contributed by atoms with Gasteiger partial charge in [-0.1, -0.05) is 0 Å². The van der Waals surface area contributed by atoms with Gasteiger partial charge >= 0.3 is 0 Å². The zero-order valence-electron chi connectivity index (χ0n) is 8.37. The predicted molar refractivity (Wildman–Crippen MR) is 62.6 cm³/mol. The largest absolute Gasteiger partial charge is 0.398 e. The summed E-state index contributed by atoms with van der Waals surface area (Å²) < 4.78 is 2.31. The molecule has 0 bridgehead atoms. The summed E-state index contributed by atoms with van der Waals surface area (Å²) in [6.07, 6.45) is 5.76. The van der Waals surface area contributed by atoms with Crippen LogP contribution in [0, 0.1) is 11.3 Å². The molecule has 1 unspecified atom stereocenters. The van der Waals surface area contributed by atoms with E-state index in [4.69, 9.17) is 5.73 Å². The minimum absolute atomic E-state index is 0.0342. The van der Waals surface area contributed by atoms with Crippen molar-refractivity contribution in [2.45, 2.75) is 25.8 Å². The molecule has 1 heterocycles. The molecule has 1 spiro atoms. The summed E-state index contributed by atoms with van der Waals surface area (Å²) in [6, 6.07) is 1.67. The molecule has 80 valence electrons. The molecule has 2 saturated carbocycles. The van der Waals surface area contributed by atoms with E-state index < -0.39 is 0 Å². The average molecular weight is 269 g/mol. The zero-order chi connectivity index (χ0) is 10.6. The van der Waals surface area contributed by atoms with Crippen LogP contribution in [0.15, 0.2) is 21.5 Å². The number of pyridine rings is 1. The van der Waals surface area contributed by atoms with Crippen LogP contribution in [0.2, 0.25) is 0 Å². The van der Waals surface area contributed by atoms with E-state index in [1.165, 1.54) is 19.3 Å². The Labute approximate surface area is 96.4 Å². The first-order chi connectivity index (χ1) is 7.11. The quantitative estimate of drug-likeness (QED) is 0.892. The van der Waals surface area contributed by atoms with Crippen molar-refractivity contribution in [2.24, 2.45) is 11.3 Å². The molecular formula is C11H13BrN2O. The van der Waals surface area contributed by atoms with Gasteiger partial charge in [0.1, 0.15) is 0 Å². The highest BCUT2D eigenvalue weighted by atomic mass is 79.9. The van der Waals surface area contributed by atoms with Crippen molar-refractivity contribution in [3.05, 3.63) is 27.1 Å². The highest BCUT2D eigenvalue weighted by Gasteiger charge is 2.62. The third-order valence-electron chi connectivity index (χ3n) is 3.73. The van der Waals surface area contributed by atoms with Gasteiger partial charge in [0.2, 0.25) is 0 Å². The summed E-state index contributed by atoms with van der Waals surface area (Å²) in [6.45, 7) is 0.836. The first kappa shape index (κ1) is 9.46. The van der Waals surface area contributed by atoms with E-state index in [-0.39, 0.29) is 5.56 Å². The number of hydrogen-bond acceptors (Lipinski definition) is 2. The molecule has 0 aliphatic heterocycles.